The number of amides is 2. The monoisotopic (exact) mass is 410 g/mol. The van der Waals surface area contributed by atoms with Crippen LogP contribution in [0.4, 0.5) is 10.2 Å². The number of nitrogens with zero attached hydrogens (tertiary/aromatic N) is 2. The lowest BCUT2D eigenvalue weighted by Crippen LogP contribution is -2.39. The molecule has 4 rings (SSSR count). The van der Waals surface area contributed by atoms with Crippen LogP contribution in [0, 0.1) is 5.82 Å². The number of aliphatic hydroxyl groups excluding tert-OH is 1. The number of pyridine rings is 1. The molecule has 0 aliphatic carbocycles. The van der Waals surface area contributed by atoms with Gasteiger partial charge in [0.1, 0.15) is 28.0 Å². The van der Waals surface area contributed by atoms with E-state index in [9.17, 15) is 19.1 Å². The van der Waals surface area contributed by atoms with E-state index >= 15 is 0 Å². The minimum atomic E-state index is -0.818. The molecule has 0 bridgehead atoms. The zero-order valence-electron chi connectivity index (χ0n) is 14.9. The van der Waals surface area contributed by atoms with Crippen LogP contribution in [0.25, 0.3) is 10.4 Å². The number of carbonyl (C=O) groups is 2. The van der Waals surface area contributed by atoms with E-state index in [0.717, 1.165) is 22.7 Å². The van der Waals surface area contributed by atoms with Crippen molar-refractivity contribution < 1.29 is 19.1 Å². The van der Waals surface area contributed by atoms with E-state index in [1.54, 1.807) is 6.20 Å². The number of hydrogen-bond acceptors (Lipinski definition) is 6. The van der Waals surface area contributed by atoms with Crippen LogP contribution in [-0.4, -0.2) is 26.9 Å². The number of rotatable bonds is 4. The Morgan fingerprint density at radius 2 is 1.97 bits per heavy atom. The highest BCUT2D eigenvalue weighted by molar-refractivity contribution is 7.15. The number of halogens is 1. The molecule has 29 heavy (non-hydrogen) atoms. The molecule has 0 saturated carbocycles. The molecule has 9 heteroatoms. The van der Waals surface area contributed by atoms with Crippen molar-refractivity contribution in [3.8, 4) is 10.4 Å². The topological polar surface area (TPSA) is 104 Å². The second kappa shape index (κ2) is 7.80. The Balaban J connectivity index is 1.51. The minimum Gasteiger partial charge on any atom is -0.511 e. The Morgan fingerprint density at radius 3 is 2.66 bits per heavy atom. The van der Waals surface area contributed by atoms with E-state index in [1.807, 2.05) is 30.3 Å². The van der Waals surface area contributed by atoms with Crippen LogP contribution < -0.4 is 10.6 Å². The molecule has 1 unspecified atom stereocenters. The number of anilines is 1. The summed E-state index contributed by atoms with van der Waals surface area (Å²) in [4.78, 5) is 33.8. The average molecular weight is 410 g/mol. The summed E-state index contributed by atoms with van der Waals surface area (Å²) in [5, 5.41) is 16.0. The highest BCUT2D eigenvalue weighted by atomic mass is 32.1. The van der Waals surface area contributed by atoms with Crippen LogP contribution in [0.3, 0.4) is 0 Å². The molecule has 0 fully saturated rings. The molecule has 0 saturated heterocycles. The fourth-order valence-electron chi connectivity index (χ4n) is 2.90. The summed E-state index contributed by atoms with van der Waals surface area (Å²) >= 11 is 1.40. The van der Waals surface area contributed by atoms with Gasteiger partial charge in [0.05, 0.1) is 17.1 Å². The van der Waals surface area contributed by atoms with E-state index in [4.69, 9.17) is 0 Å². The number of thiazole rings is 1. The Kier molecular flexibility index (Phi) is 5.05. The molecule has 3 aromatic rings. The SMILES string of the molecule is O=C(Nc1ccc(F)cn1)C1=C(O)CC(c2ncc(-c3ccccc3)s2)NC1=O. The third-order valence-corrected chi connectivity index (χ3v) is 5.45. The number of carbonyl (C=O) groups excluding carboxylic acids is 2. The Labute approximate surface area is 169 Å². The van der Waals surface area contributed by atoms with Gasteiger partial charge >= 0.3 is 0 Å². The maximum atomic E-state index is 12.9. The smallest absolute Gasteiger partial charge is 0.265 e. The van der Waals surface area contributed by atoms with Gasteiger partial charge in [0.2, 0.25) is 0 Å². The molecule has 1 aromatic carbocycles. The maximum Gasteiger partial charge on any atom is 0.265 e. The molecular weight excluding hydrogens is 395 g/mol. The van der Waals surface area contributed by atoms with E-state index in [-0.39, 0.29) is 18.0 Å². The van der Waals surface area contributed by atoms with Gasteiger partial charge < -0.3 is 15.7 Å². The first-order valence-corrected chi connectivity index (χ1v) is 9.50. The number of nitrogens with one attached hydrogen (secondary N) is 2. The van der Waals surface area contributed by atoms with Crippen molar-refractivity contribution in [3.05, 3.63) is 77.0 Å². The van der Waals surface area contributed by atoms with Crippen LogP contribution in [0.1, 0.15) is 17.5 Å². The van der Waals surface area contributed by atoms with Crippen molar-refractivity contribution in [2.45, 2.75) is 12.5 Å². The second-order valence-electron chi connectivity index (χ2n) is 6.30. The van der Waals surface area contributed by atoms with E-state index in [1.165, 1.54) is 17.4 Å². The van der Waals surface area contributed by atoms with Crippen LogP contribution in [0.5, 0.6) is 0 Å². The summed E-state index contributed by atoms with van der Waals surface area (Å²) < 4.78 is 12.9. The Bertz CT molecular complexity index is 1100. The van der Waals surface area contributed by atoms with Crippen molar-refractivity contribution in [3.63, 3.8) is 0 Å². The molecule has 2 aromatic heterocycles. The molecule has 146 valence electrons. The second-order valence-corrected chi connectivity index (χ2v) is 7.36. The highest BCUT2D eigenvalue weighted by Crippen LogP contribution is 2.33. The van der Waals surface area contributed by atoms with Gasteiger partial charge in [-0.15, -0.1) is 11.3 Å². The Hall–Kier alpha value is -3.59. The van der Waals surface area contributed by atoms with Crippen LogP contribution in [-0.2, 0) is 9.59 Å². The molecule has 2 amide bonds. The fourth-order valence-corrected chi connectivity index (χ4v) is 3.88. The first-order valence-electron chi connectivity index (χ1n) is 8.68. The molecule has 0 radical (unpaired) electrons. The fraction of sp³-hybridized carbons (Fsp3) is 0.100. The van der Waals surface area contributed by atoms with Crippen molar-refractivity contribution in [2.24, 2.45) is 0 Å². The zero-order valence-corrected chi connectivity index (χ0v) is 15.7. The van der Waals surface area contributed by atoms with Gasteiger partial charge in [-0.1, -0.05) is 30.3 Å². The summed E-state index contributed by atoms with van der Waals surface area (Å²) in [5.74, 6) is -2.35. The molecule has 3 heterocycles. The van der Waals surface area contributed by atoms with Gasteiger partial charge in [0.25, 0.3) is 11.8 Å². The minimum absolute atomic E-state index is 0.0348. The molecule has 7 nitrogen and oxygen atoms in total. The summed E-state index contributed by atoms with van der Waals surface area (Å²) in [6.07, 6.45) is 2.69. The first-order chi connectivity index (χ1) is 14.0. The Morgan fingerprint density at radius 1 is 1.17 bits per heavy atom. The third kappa shape index (κ3) is 3.99. The van der Waals surface area contributed by atoms with Crippen molar-refractivity contribution in [1.29, 1.82) is 0 Å². The van der Waals surface area contributed by atoms with Gasteiger partial charge in [0.15, 0.2) is 0 Å². The van der Waals surface area contributed by atoms with Crippen LogP contribution >= 0.6 is 11.3 Å². The van der Waals surface area contributed by atoms with Crippen molar-refractivity contribution in [2.75, 3.05) is 5.32 Å². The van der Waals surface area contributed by atoms with Gasteiger partial charge in [0, 0.05) is 12.6 Å². The lowest BCUT2D eigenvalue weighted by atomic mass is 10.0. The number of benzene rings is 1. The number of hydrogen-bond donors (Lipinski definition) is 3. The van der Waals surface area contributed by atoms with Gasteiger partial charge in [-0.05, 0) is 17.7 Å². The van der Waals surface area contributed by atoms with Crippen LogP contribution in [0.2, 0.25) is 0 Å². The van der Waals surface area contributed by atoms with Gasteiger partial charge in [-0.25, -0.2) is 14.4 Å². The summed E-state index contributed by atoms with van der Waals surface area (Å²) in [6, 6.07) is 11.5. The number of aliphatic hydroxyl groups is 1. The maximum absolute atomic E-state index is 12.9. The highest BCUT2D eigenvalue weighted by Gasteiger charge is 2.33. The lowest BCUT2D eigenvalue weighted by Gasteiger charge is -2.23. The summed E-state index contributed by atoms with van der Waals surface area (Å²) in [5.41, 5.74) is 0.609. The van der Waals surface area contributed by atoms with E-state index < -0.39 is 29.2 Å². The lowest BCUT2D eigenvalue weighted by molar-refractivity contribution is -0.123. The quantitative estimate of drug-likeness (QED) is 0.572. The zero-order chi connectivity index (χ0) is 20.4. The third-order valence-electron chi connectivity index (χ3n) is 4.29. The van der Waals surface area contributed by atoms with Crippen LogP contribution in [0.15, 0.2) is 66.2 Å². The summed E-state index contributed by atoms with van der Waals surface area (Å²) in [6.45, 7) is 0. The first kappa shape index (κ1) is 18.8. The molecule has 3 N–H and O–H groups in total. The van der Waals surface area contributed by atoms with Gasteiger partial charge in [-0.3, -0.25) is 9.59 Å². The standard InChI is InChI=1S/C20H15FN4O3S/c21-12-6-7-16(22-9-12)25-19(28)17-14(26)8-13(24-18(17)27)20-23-10-15(29-20)11-4-2-1-3-5-11/h1-7,9-10,13,26H,8H2,(H,24,27)(H,22,25,28). The normalized spacial score (nSPS) is 16.4. The molecular formula is C20H15FN4O3S. The average Bonchev–Trinajstić information content (AvgIpc) is 3.20. The van der Waals surface area contributed by atoms with Crippen molar-refractivity contribution >= 4 is 29.0 Å². The predicted octanol–water partition coefficient (Wildman–Crippen LogP) is 3.36. The predicted molar refractivity (Wildman–Crippen MR) is 106 cm³/mol. The molecule has 1 aliphatic heterocycles. The molecule has 1 aliphatic rings. The van der Waals surface area contributed by atoms with Crippen molar-refractivity contribution in [1.82, 2.24) is 15.3 Å². The van der Waals surface area contributed by atoms with E-state index in [0.29, 0.717) is 5.01 Å². The van der Waals surface area contributed by atoms with E-state index in [2.05, 4.69) is 20.6 Å². The molecule has 0 spiro atoms. The summed E-state index contributed by atoms with van der Waals surface area (Å²) in [7, 11) is 0. The molecule has 1 atom stereocenters. The van der Waals surface area contributed by atoms with Gasteiger partial charge in [-0.2, -0.15) is 0 Å². The largest absolute Gasteiger partial charge is 0.511 e. The number of aromatic nitrogens is 2.